The zero-order chi connectivity index (χ0) is 19.2. The summed E-state index contributed by atoms with van der Waals surface area (Å²) in [6.07, 6.45) is 1.99. The largest absolute Gasteiger partial charge is 0.490 e. The number of para-hydroxylation sites is 2. The summed E-state index contributed by atoms with van der Waals surface area (Å²) in [4.78, 5) is 26.6. The van der Waals surface area contributed by atoms with Gasteiger partial charge in [0.1, 0.15) is 6.54 Å². The molecule has 0 saturated carbocycles. The number of hydrogen-bond donors (Lipinski definition) is 1. The number of carbonyl (C=O) groups excluding carboxylic acids is 2. The van der Waals surface area contributed by atoms with Gasteiger partial charge in [-0.05, 0) is 43.7 Å². The minimum atomic E-state index is -0.252. The molecule has 2 amide bonds. The summed E-state index contributed by atoms with van der Waals surface area (Å²) in [5.41, 5.74) is 1.76. The standard InChI is InChI=1S/C21H24N2O4/c1-3-5-12-27-18-11-10-15(13-19(18)26-4-2)21(25)23-14-20(24)22-16-8-6-7-9-17(16)23/h6-11,13H,3-5,12,14H2,1-2H3,(H,22,24). The number of nitrogens with one attached hydrogen (secondary N) is 1. The summed E-state index contributed by atoms with van der Waals surface area (Å²) < 4.78 is 11.4. The third-order valence-corrected chi connectivity index (χ3v) is 4.26. The average molecular weight is 368 g/mol. The first-order chi connectivity index (χ1) is 13.1. The molecule has 0 aromatic heterocycles. The van der Waals surface area contributed by atoms with Crippen LogP contribution >= 0.6 is 0 Å². The van der Waals surface area contributed by atoms with Crippen molar-refractivity contribution in [3.63, 3.8) is 0 Å². The lowest BCUT2D eigenvalue weighted by Gasteiger charge is -2.29. The molecule has 2 aromatic rings. The number of carbonyl (C=O) groups is 2. The highest BCUT2D eigenvalue weighted by molar-refractivity contribution is 6.15. The molecule has 0 radical (unpaired) electrons. The van der Waals surface area contributed by atoms with E-state index in [2.05, 4.69) is 12.2 Å². The fraction of sp³-hybridized carbons (Fsp3) is 0.333. The van der Waals surface area contributed by atoms with E-state index >= 15 is 0 Å². The van der Waals surface area contributed by atoms with Gasteiger partial charge in [-0.15, -0.1) is 0 Å². The molecule has 1 N–H and O–H groups in total. The highest BCUT2D eigenvalue weighted by Gasteiger charge is 2.28. The first-order valence-corrected chi connectivity index (χ1v) is 9.24. The van der Waals surface area contributed by atoms with Crippen molar-refractivity contribution < 1.29 is 19.1 Å². The van der Waals surface area contributed by atoms with Crippen LogP contribution < -0.4 is 19.7 Å². The normalized spacial score (nSPS) is 13.0. The molecule has 0 aliphatic carbocycles. The summed E-state index contributed by atoms with van der Waals surface area (Å²) in [5, 5.41) is 2.79. The van der Waals surface area contributed by atoms with Crippen molar-refractivity contribution in [3.05, 3.63) is 48.0 Å². The minimum Gasteiger partial charge on any atom is -0.490 e. The molecule has 0 atom stereocenters. The fourth-order valence-corrected chi connectivity index (χ4v) is 2.93. The number of unbranched alkanes of at least 4 members (excludes halogenated alkanes) is 1. The molecule has 27 heavy (non-hydrogen) atoms. The first kappa shape index (κ1) is 18.8. The van der Waals surface area contributed by atoms with E-state index in [1.807, 2.05) is 25.1 Å². The maximum Gasteiger partial charge on any atom is 0.258 e. The van der Waals surface area contributed by atoms with Crippen LogP contribution in [-0.4, -0.2) is 31.6 Å². The topological polar surface area (TPSA) is 67.9 Å². The van der Waals surface area contributed by atoms with E-state index in [1.165, 1.54) is 4.90 Å². The maximum atomic E-state index is 13.1. The summed E-state index contributed by atoms with van der Waals surface area (Å²) >= 11 is 0. The third-order valence-electron chi connectivity index (χ3n) is 4.26. The molecular formula is C21H24N2O4. The predicted octanol–water partition coefficient (Wildman–Crippen LogP) is 3.86. The molecule has 0 unspecified atom stereocenters. The maximum absolute atomic E-state index is 13.1. The second kappa shape index (κ2) is 8.58. The lowest BCUT2D eigenvalue weighted by Crippen LogP contribution is -2.42. The van der Waals surface area contributed by atoms with E-state index in [-0.39, 0.29) is 18.4 Å². The monoisotopic (exact) mass is 368 g/mol. The minimum absolute atomic E-state index is 0.0193. The van der Waals surface area contributed by atoms with Crippen molar-refractivity contribution in [2.45, 2.75) is 26.7 Å². The van der Waals surface area contributed by atoms with Crippen LogP contribution in [0.1, 0.15) is 37.0 Å². The Labute approximate surface area is 159 Å². The van der Waals surface area contributed by atoms with E-state index in [4.69, 9.17) is 9.47 Å². The number of hydrogen-bond acceptors (Lipinski definition) is 4. The van der Waals surface area contributed by atoms with Gasteiger partial charge in [0.25, 0.3) is 5.91 Å². The van der Waals surface area contributed by atoms with E-state index in [0.29, 0.717) is 41.7 Å². The molecule has 2 aromatic carbocycles. The van der Waals surface area contributed by atoms with E-state index in [0.717, 1.165) is 12.8 Å². The van der Waals surface area contributed by atoms with Crippen LogP contribution in [0.5, 0.6) is 11.5 Å². The number of ether oxygens (including phenoxy) is 2. The Bertz CT molecular complexity index is 835. The molecule has 1 aliphatic heterocycles. The van der Waals surface area contributed by atoms with Gasteiger partial charge in [-0.25, -0.2) is 0 Å². The van der Waals surface area contributed by atoms with E-state index in [9.17, 15) is 9.59 Å². The Kier molecular flexibility index (Phi) is 5.96. The molecule has 1 aliphatic rings. The smallest absolute Gasteiger partial charge is 0.258 e. The van der Waals surface area contributed by atoms with Crippen molar-refractivity contribution in [1.29, 1.82) is 0 Å². The molecule has 0 saturated heterocycles. The van der Waals surface area contributed by atoms with Crippen LogP contribution in [0.4, 0.5) is 11.4 Å². The third kappa shape index (κ3) is 4.22. The van der Waals surface area contributed by atoms with Crippen molar-refractivity contribution in [2.24, 2.45) is 0 Å². The number of anilines is 2. The number of fused-ring (bicyclic) bond motifs is 1. The van der Waals surface area contributed by atoms with Gasteiger partial charge in [-0.1, -0.05) is 25.5 Å². The zero-order valence-electron chi connectivity index (χ0n) is 15.7. The van der Waals surface area contributed by atoms with Crippen LogP contribution in [0, 0.1) is 0 Å². The summed E-state index contributed by atoms with van der Waals surface area (Å²) in [7, 11) is 0. The van der Waals surface area contributed by atoms with Crippen molar-refractivity contribution in [1.82, 2.24) is 0 Å². The summed E-state index contributed by atoms with van der Waals surface area (Å²) in [6.45, 7) is 5.03. The lowest BCUT2D eigenvalue weighted by molar-refractivity contribution is -0.115. The van der Waals surface area contributed by atoms with Gasteiger partial charge in [0.05, 0.1) is 24.6 Å². The van der Waals surface area contributed by atoms with Gasteiger partial charge in [0, 0.05) is 5.56 Å². The quantitative estimate of drug-likeness (QED) is 0.754. The van der Waals surface area contributed by atoms with Gasteiger partial charge in [-0.3, -0.25) is 14.5 Å². The number of nitrogens with zero attached hydrogens (tertiary/aromatic N) is 1. The number of amides is 2. The number of benzene rings is 2. The molecule has 6 heteroatoms. The summed E-state index contributed by atoms with van der Waals surface area (Å²) in [6, 6.07) is 12.4. The van der Waals surface area contributed by atoms with Crippen molar-refractivity contribution in [3.8, 4) is 11.5 Å². The molecule has 0 fully saturated rings. The highest BCUT2D eigenvalue weighted by atomic mass is 16.5. The van der Waals surface area contributed by atoms with Crippen LogP contribution in [0.25, 0.3) is 0 Å². The molecule has 6 nitrogen and oxygen atoms in total. The molecule has 3 rings (SSSR count). The van der Waals surface area contributed by atoms with Crippen molar-refractivity contribution in [2.75, 3.05) is 30.0 Å². The first-order valence-electron chi connectivity index (χ1n) is 9.24. The van der Waals surface area contributed by atoms with Gasteiger partial charge >= 0.3 is 0 Å². The Morgan fingerprint density at radius 1 is 1.11 bits per heavy atom. The second-order valence-electron chi connectivity index (χ2n) is 6.25. The zero-order valence-corrected chi connectivity index (χ0v) is 15.7. The Morgan fingerprint density at radius 3 is 2.70 bits per heavy atom. The highest BCUT2D eigenvalue weighted by Crippen LogP contribution is 2.33. The van der Waals surface area contributed by atoms with Gasteiger partial charge in [0.2, 0.25) is 5.91 Å². The van der Waals surface area contributed by atoms with Crippen LogP contribution in [0.2, 0.25) is 0 Å². The summed E-state index contributed by atoms with van der Waals surface area (Å²) in [5.74, 6) is 0.692. The Hall–Kier alpha value is -3.02. The van der Waals surface area contributed by atoms with E-state index in [1.54, 1.807) is 24.3 Å². The second-order valence-corrected chi connectivity index (χ2v) is 6.25. The SMILES string of the molecule is CCCCOc1ccc(C(=O)N2CC(=O)Nc3ccccc32)cc1OCC. The van der Waals surface area contributed by atoms with Gasteiger partial charge in [0.15, 0.2) is 11.5 Å². The Morgan fingerprint density at radius 2 is 1.93 bits per heavy atom. The van der Waals surface area contributed by atoms with Crippen LogP contribution in [0.15, 0.2) is 42.5 Å². The Balaban J connectivity index is 1.88. The van der Waals surface area contributed by atoms with E-state index < -0.39 is 0 Å². The molecule has 1 heterocycles. The van der Waals surface area contributed by atoms with Gasteiger partial charge < -0.3 is 14.8 Å². The van der Waals surface area contributed by atoms with Crippen LogP contribution in [-0.2, 0) is 4.79 Å². The van der Waals surface area contributed by atoms with Crippen LogP contribution in [0.3, 0.4) is 0 Å². The molecule has 0 bridgehead atoms. The molecule has 0 spiro atoms. The molecular weight excluding hydrogens is 344 g/mol. The fourth-order valence-electron chi connectivity index (χ4n) is 2.93. The average Bonchev–Trinajstić information content (AvgIpc) is 2.68. The predicted molar refractivity (Wildman–Crippen MR) is 105 cm³/mol. The van der Waals surface area contributed by atoms with Crippen molar-refractivity contribution >= 4 is 23.2 Å². The number of rotatable bonds is 7. The molecule has 142 valence electrons. The lowest BCUT2D eigenvalue weighted by atomic mass is 10.1. The van der Waals surface area contributed by atoms with Gasteiger partial charge in [-0.2, -0.15) is 0 Å².